The largest absolute Gasteiger partial charge is 0.475 e. The summed E-state index contributed by atoms with van der Waals surface area (Å²) in [5.74, 6) is 0.560. The Hall–Kier alpha value is -3.73. The Morgan fingerprint density at radius 1 is 1.21 bits per heavy atom. The van der Waals surface area contributed by atoms with Crippen LogP contribution in [0.15, 0.2) is 47.6 Å². The molecule has 1 fully saturated rings. The number of anilines is 2. The van der Waals surface area contributed by atoms with Crippen LogP contribution in [0.1, 0.15) is 57.0 Å². The number of hydrogen-bond donors (Lipinski definition) is 2. The van der Waals surface area contributed by atoms with Crippen molar-refractivity contribution in [2.75, 3.05) is 17.2 Å². The molecule has 0 aliphatic carbocycles. The van der Waals surface area contributed by atoms with E-state index in [0.717, 1.165) is 17.5 Å². The molecular formula is C27H34N6O4S. The molecule has 38 heavy (non-hydrogen) atoms. The van der Waals surface area contributed by atoms with Crippen molar-refractivity contribution in [2.45, 2.75) is 64.6 Å². The second-order valence-corrected chi connectivity index (χ2v) is 12.3. The lowest BCUT2D eigenvalue weighted by atomic mass is 9.97. The quantitative estimate of drug-likeness (QED) is 0.457. The normalized spacial score (nSPS) is 17.0. The number of aryl methyl sites for hydroxylation is 1. The average Bonchev–Trinajstić information content (AvgIpc) is 3.11. The summed E-state index contributed by atoms with van der Waals surface area (Å²) in [6.07, 6.45) is 2.57. The molecule has 1 aliphatic rings. The number of rotatable bonds is 7. The number of pyridine rings is 3. The summed E-state index contributed by atoms with van der Waals surface area (Å²) >= 11 is 0. The van der Waals surface area contributed by atoms with Crippen molar-refractivity contribution in [1.29, 1.82) is 0 Å². The van der Waals surface area contributed by atoms with Gasteiger partial charge in [0.2, 0.25) is 5.88 Å². The Kier molecular flexibility index (Phi) is 7.33. The zero-order valence-corrected chi connectivity index (χ0v) is 23.3. The Balaban J connectivity index is 1.76. The van der Waals surface area contributed by atoms with Crippen molar-refractivity contribution >= 4 is 27.6 Å². The number of nitrogens with zero attached hydrogens (tertiary/aromatic N) is 4. The third kappa shape index (κ3) is 5.72. The van der Waals surface area contributed by atoms with E-state index in [2.05, 4.69) is 40.4 Å². The summed E-state index contributed by atoms with van der Waals surface area (Å²) in [6.45, 7) is 12.8. The number of carbonyl (C=O) groups excluding carboxylic acids is 1. The van der Waals surface area contributed by atoms with Crippen LogP contribution < -0.4 is 20.1 Å². The first-order valence-corrected chi connectivity index (χ1v) is 14.0. The highest BCUT2D eigenvalue weighted by molar-refractivity contribution is 7.90. The summed E-state index contributed by atoms with van der Waals surface area (Å²) in [7, 11) is -4.25. The maximum absolute atomic E-state index is 13.4. The number of amides is 1. The van der Waals surface area contributed by atoms with Crippen LogP contribution in [0.5, 0.6) is 5.88 Å². The highest BCUT2D eigenvalue weighted by Crippen LogP contribution is 2.38. The first-order chi connectivity index (χ1) is 17.8. The first-order valence-electron chi connectivity index (χ1n) is 12.5. The molecule has 0 unspecified atom stereocenters. The highest BCUT2D eigenvalue weighted by atomic mass is 32.2. The number of nitrogens with one attached hydrogen (secondary N) is 1. The third-order valence-corrected chi connectivity index (χ3v) is 7.60. The predicted molar refractivity (Wildman–Crippen MR) is 146 cm³/mol. The van der Waals surface area contributed by atoms with Gasteiger partial charge in [-0.3, -0.25) is 4.79 Å². The molecule has 0 radical (unpaired) electrons. The van der Waals surface area contributed by atoms with E-state index in [4.69, 9.17) is 15.5 Å². The van der Waals surface area contributed by atoms with Gasteiger partial charge >= 0.3 is 0 Å². The monoisotopic (exact) mass is 538 g/mol. The van der Waals surface area contributed by atoms with Crippen LogP contribution in [-0.2, 0) is 10.0 Å². The van der Waals surface area contributed by atoms with Gasteiger partial charge in [-0.2, -0.15) is 8.42 Å². The van der Waals surface area contributed by atoms with E-state index >= 15 is 0 Å². The molecule has 1 atom stereocenters. The summed E-state index contributed by atoms with van der Waals surface area (Å²) in [5, 5.41) is -0.336. The fourth-order valence-corrected chi connectivity index (χ4v) is 5.75. The van der Waals surface area contributed by atoms with Gasteiger partial charge in [0.25, 0.3) is 15.9 Å². The topological polar surface area (TPSA) is 140 Å². The van der Waals surface area contributed by atoms with E-state index in [0.29, 0.717) is 29.9 Å². The second-order valence-electron chi connectivity index (χ2n) is 10.6. The Labute approximate surface area is 223 Å². The van der Waals surface area contributed by atoms with Crippen LogP contribution in [0.25, 0.3) is 11.3 Å². The molecule has 1 aliphatic heterocycles. The van der Waals surface area contributed by atoms with Crippen molar-refractivity contribution in [1.82, 2.24) is 19.7 Å². The SMILES string of the molecule is Cc1cc(-c2ccc(C(=O)NS(=O)(=O)c3cccc(N)n3)c(N3C[C@@H](C)CC3(C)C)n2)cnc1OC(C)C. The van der Waals surface area contributed by atoms with E-state index in [9.17, 15) is 13.2 Å². The molecule has 0 saturated carbocycles. The fraction of sp³-hybridized carbons (Fsp3) is 0.407. The van der Waals surface area contributed by atoms with Gasteiger partial charge in [0, 0.05) is 29.4 Å². The molecule has 1 saturated heterocycles. The minimum Gasteiger partial charge on any atom is -0.475 e. The number of hydrogen-bond acceptors (Lipinski definition) is 9. The van der Waals surface area contributed by atoms with Crippen molar-refractivity contribution in [3.8, 4) is 17.1 Å². The predicted octanol–water partition coefficient (Wildman–Crippen LogP) is 3.96. The van der Waals surface area contributed by atoms with Gasteiger partial charge in [-0.1, -0.05) is 13.0 Å². The van der Waals surface area contributed by atoms with Gasteiger partial charge < -0.3 is 15.4 Å². The summed E-state index contributed by atoms with van der Waals surface area (Å²) in [5.41, 5.74) is 7.72. The van der Waals surface area contributed by atoms with Gasteiger partial charge in [0.15, 0.2) is 5.03 Å². The summed E-state index contributed by atoms with van der Waals surface area (Å²) in [6, 6.07) is 9.44. The first kappa shape index (κ1) is 27.3. The zero-order chi connectivity index (χ0) is 27.8. The standard InChI is InChI=1S/C27H34N6O4S/c1-16(2)37-26-18(4)12-19(14-29-26)21-11-10-20(24(30-21)33-15-17(3)13-27(33,5)6)25(34)32-38(35,36)23-9-7-8-22(28)31-23/h7-12,14,16-17H,13,15H2,1-6H3,(H2,28,31)(H,32,34)/t17-/m0/s1. The van der Waals surface area contributed by atoms with Crippen molar-refractivity contribution < 1.29 is 17.9 Å². The number of aromatic nitrogens is 3. The van der Waals surface area contributed by atoms with Crippen LogP contribution in [0, 0.1) is 12.8 Å². The number of nitrogens with two attached hydrogens (primary N) is 1. The molecule has 1 amide bonds. The number of sulfonamides is 1. The van der Waals surface area contributed by atoms with E-state index in [-0.39, 0.29) is 28.1 Å². The van der Waals surface area contributed by atoms with Gasteiger partial charge in [-0.05, 0) is 77.3 Å². The molecule has 0 spiro atoms. The molecule has 11 heteroatoms. The van der Waals surface area contributed by atoms with Crippen LogP contribution in [0.2, 0.25) is 0 Å². The molecule has 3 N–H and O–H groups in total. The molecule has 0 bridgehead atoms. The molecule has 0 aromatic carbocycles. The maximum Gasteiger partial charge on any atom is 0.281 e. The Morgan fingerprint density at radius 2 is 1.95 bits per heavy atom. The lowest BCUT2D eigenvalue weighted by Gasteiger charge is -2.34. The average molecular weight is 539 g/mol. The van der Waals surface area contributed by atoms with Crippen LogP contribution >= 0.6 is 0 Å². The highest BCUT2D eigenvalue weighted by Gasteiger charge is 2.39. The molecule has 202 valence electrons. The lowest BCUT2D eigenvalue weighted by molar-refractivity contribution is 0.0981. The van der Waals surface area contributed by atoms with Crippen LogP contribution in [0.3, 0.4) is 0 Å². The van der Waals surface area contributed by atoms with Crippen molar-refractivity contribution in [3.05, 3.63) is 53.7 Å². The van der Waals surface area contributed by atoms with Crippen molar-refractivity contribution in [2.24, 2.45) is 5.92 Å². The number of carbonyl (C=O) groups is 1. The van der Waals surface area contributed by atoms with E-state index in [1.54, 1.807) is 18.3 Å². The molecule has 4 rings (SSSR count). The smallest absolute Gasteiger partial charge is 0.281 e. The molecule has 4 heterocycles. The number of ether oxygens (including phenoxy) is 1. The zero-order valence-electron chi connectivity index (χ0n) is 22.5. The lowest BCUT2D eigenvalue weighted by Crippen LogP contribution is -2.41. The van der Waals surface area contributed by atoms with Gasteiger partial charge in [-0.15, -0.1) is 0 Å². The van der Waals surface area contributed by atoms with Gasteiger partial charge in [-0.25, -0.2) is 19.7 Å². The van der Waals surface area contributed by atoms with E-state index in [1.165, 1.54) is 18.2 Å². The summed E-state index contributed by atoms with van der Waals surface area (Å²) in [4.78, 5) is 28.6. The fourth-order valence-electron chi connectivity index (χ4n) is 4.81. The van der Waals surface area contributed by atoms with Gasteiger partial charge in [0.05, 0.1) is 17.4 Å². The maximum atomic E-state index is 13.4. The van der Waals surface area contributed by atoms with E-state index in [1.807, 2.05) is 26.8 Å². The van der Waals surface area contributed by atoms with Crippen LogP contribution in [-0.4, -0.2) is 47.5 Å². The molecule has 10 nitrogen and oxygen atoms in total. The van der Waals surface area contributed by atoms with Gasteiger partial charge in [0.1, 0.15) is 11.6 Å². The third-order valence-electron chi connectivity index (χ3n) is 6.37. The Bertz CT molecular complexity index is 1470. The second kappa shape index (κ2) is 10.2. The Morgan fingerprint density at radius 3 is 2.55 bits per heavy atom. The van der Waals surface area contributed by atoms with Crippen LogP contribution in [0.4, 0.5) is 11.6 Å². The molecule has 3 aromatic heterocycles. The molecule has 3 aromatic rings. The van der Waals surface area contributed by atoms with E-state index < -0.39 is 15.9 Å². The summed E-state index contributed by atoms with van der Waals surface area (Å²) < 4.78 is 33.7. The number of nitrogen functional groups attached to an aromatic ring is 1. The minimum absolute atomic E-state index is 0.00670. The van der Waals surface area contributed by atoms with Crippen molar-refractivity contribution in [3.63, 3.8) is 0 Å². The molecular weight excluding hydrogens is 504 g/mol. The minimum atomic E-state index is -4.25.